The number of hydrogen-bond donors (Lipinski definition) is 0. The monoisotopic (exact) mass is 190 g/mol. The Kier molecular flexibility index (Phi) is 2.23. The molecule has 0 N–H and O–H groups in total. The molecule has 0 aromatic carbocycles. The van der Waals surface area contributed by atoms with E-state index in [1.54, 1.807) is 23.3 Å². The highest BCUT2D eigenvalue weighted by Gasteiger charge is 2.31. The average molecular weight is 190 g/mol. The van der Waals surface area contributed by atoms with E-state index in [0.29, 0.717) is 19.4 Å². The van der Waals surface area contributed by atoms with Crippen molar-refractivity contribution in [3.8, 4) is 6.07 Å². The molecule has 72 valence electrons. The van der Waals surface area contributed by atoms with Crippen LogP contribution in [0.25, 0.3) is 0 Å². The summed E-state index contributed by atoms with van der Waals surface area (Å²) in [5.74, 6) is 0.758. The van der Waals surface area contributed by atoms with E-state index in [1.807, 2.05) is 0 Å². The number of carbonyl (C=O) groups is 1. The molecule has 1 aromatic rings. The van der Waals surface area contributed by atoms with Gasteiger partial charge in [0.2, 0.25) is 5.91 Å². The maximum atomic E-state index is 11.4. The number of rotatable bonds is 2. The Morgan fingerprint density at radius 2 is 2.57 bits per heavy atom. The number of nitriles is 1. The maximum Gasteiger partial charge on any atom is 0.224 e. The SMILES string of the molecule is N#CC1CCC(=O)N1Cc1ccco1. The molecule has 0 bridgehead atoms. The molecule has 2 rings (SSSR count). The number of nitrogens with zero attached hydrogens (tertiary/aromatic N) is 2. The van der Waals surface area contributed by atoms with Gasteiger partial charge in [-0.3, -0.25) is 4.79 Å². The first-order valence-electron chi connectivity index (χ1n) is 4.52. The van der Waals surface area contributed by atoms with Gasteiger partial charge < -0.3 is 9.32 Å². The lowest BCUT2D eigenvalue weighted by Crippen LogP contribution is -2.31. The van der Waals surface area contributed by atoms with Crippen molar-refractivity contribution in [1.29, 1.82) is 5.26 Å². The zero-order valence-electron chi connectivity index (χ0n) is 7.64. The van der Waals surface area contributed by atoms with Gasteiger partial charge in [-0.2, -0.15) is 5.26 Å². The maximum absolute atomic E-state index is 11.4. The van der Waals surface area contributed by atoms with Gasteiger partial charge in [-0.1, -0.05) is 0 Å². The van der Waals surface area contributed by atoms with Crippen LogP contribution >= 0.6 is 0 Å². The van der Waals surface area contributed by atoms with Gasteiger partial charge >= 0.3 is 0 Å². The Balaban J connectivity index is 2.10. The first-order chi connectivity index (χ1) is 6.81. The van der Waals surface area contributed by atoms with Crippen molar-refractivity contribution in [2.24, 2.45) is 0 Å². The van der Waals surface area contributed by atoms with E-state index in [9.17, 15) is 4.79 Å². The predicted octanol–water partition coefficient (Wildman–Crippen LogP) is 1.29. The molecular formula is C10H10N2O2. The molecule has 1 aliphatic heterocycles. The minimum atomic E-state index is -0.285. The molecule has 0 spiro atoms. The van der Waals surface area contributed by atoms with Crippen molar-refractivity contribution >= 4 is 5.91 Å². The molecule has 0 saturated carbocycles. The summed E-state index contributed by atoms with van der Waals surface area (Å²) in [6.45, 7) is 0.407. The highest BCUT2D eigenvalue weighted by molar-refractivity contribution is 5.79. The summed E-state index contributed by atoms with van der Waals surface area (Å²) < 4.78 is 5.13. The topological polar surface area (TPSA) is 57.2 Å². The molecule has 4 nitrogen and oxygen atoms in total. The summed E-state index contributed by atoms with van der Waals surface area (Å²) >= 11 is 0. The van der Waals surface area contributed by atoms with Gasteiger partial charge in [-0.15, -0.1) is 0 Å². The fourth-order valence-electron chi connectivity index (χ4n) is 1.64. The first kappa shape index (κ1) is 8.82. The fourth-order valence-corrected chi connectivity index (χ4v) is 1.64. The molecule has 1 atom stereocenters. The van der Waals surface area contributed by atoms with Crippen LogP contribution in [0, 0.1) is 11.3 Å². The molecule has 1 saturated heterocycles. The number of carbonyl (C=O) groups excluding carboxylic acids is 1. The van der Waals surface area contributed by atoms with Crippen LogP contribution in [0.15, 0.2) is 22.8 Å². The van der Waals surface area contributed by atoms with E-state index < -0.39 is 0 Å². The Morgan fingerprint density at radius 1 is 1.71 bits per heavy atom. The molecule has 1 fully saturated rings. The molecule has 1 amide bonds. The summed E-state index contributed by atoms with van der Waals surface area (Å²) in [5, 5.41) is 8.81. The molecule has 4 heteroatoms. The third-order valence-electron chi connectivity index (χ3n) is 2.38. The molecular weight excluding hydrogens is 180 g/mol. The highest BCUT2D eigenvalue weighted by atomic mass is 16.3. The van der Waals surface area contributed by atoms with Crippen molar-refractivity contribution in [3.05, 3.63) is 24.2 Å². The summed E-state index contributed by atoms with van der Waals surface area (Å²) in [4.78, 5) is 13.0. The number of amides is 1. The summed E-state index contributed by atoms with van der Waals surface area (Å²) in [6.07, 6.45) is 2.67. The van der Waals surface area contributed by atoms with Gasteiger partial charge in [0, 0.05) is 6.42 Å². The number of furan rings is 1. The number of hydrogen-bond acceptors (Lipinski definition) is 3. The van der Waals surface area contributed by atoms with Crippen LogP contribution in [-0.4, -0.2) is 16.8 Å². The van der Waals surface area contributed by atoms with Crippen LogP contribution in [0.3, 0.4) is 0 Å². The largest absolute Gasteiger partial charge is 0.467 e. The third kappa shape index (κ3) is 1.49. The second-order valence-electron chi connectivity index (χ2n) is 3.28. The van der Waals surface area contributed by atoms with Gasteiger partial charge in [0.25, 0.3) is 0 Å². The van der Waals surface area contributed by atoms with E-state index in [2.05, 4.69) is 6.07 Å². The zero-order valence-corrected chi connectivity index (χ0v) is 7.64. The van der Waals surface area contributed by atoms with E-state index in [-0.39, 0.29) is 11.9 Å². The van der Waals surface area contributed by atoms with Crippen LogP contribution in [0.1, 0.15) is 18.6 Å². The first-order valence-corrected chi connectivity index (χ1v) is 4.52. The summed E-state index contributed by atoms with van der Waals surface area (Å²) in [6, 6.07) is 5.42. The normalized spacial score (nSPS) is 21.2. The minimum Gasteiger partial charge on any atom is -0.467 e. The lowest BCUT2D eigenvalue weighted by molar-refractivity contribution is -0.129. The second-order valence-corrected chi connectivity index (χ2v) is 3.28. The predicted molar refractivity (Wildman–Crippen MR) is 47.9 cm³/mol. The Labute approximate surface area is 81.7 Å². The standard InChI is InChI=1S/C10H10N2O2/c11-6-8-3-4-10(13)12(8)7-9-2-1-5-14-9/h1-2,5,8H,3-4,7H2. The van der Waals surface area contributed by atoms with Gasteiger partial charge in [0.1, 0.15) is 11.8 Å². The van der Waals surface area contributed by atoms with Crippen molar-refractivity contribution < 1.29 is 9.21 Å². The summed E-state index contributed by atoms with van der Waals surface area (Å²) in [7, 11) is 0. The van der Waals surface area contributed by atoms with Crippen LogP contribution in [0.2, 0.25) is 0 Å². The molecule has 1 aliphatic rings. The summed E-state index contributed by atoms with van der Waals surface area (Å²) in [5.41, 5.74) is 0. The lowest BCUT2D eigenvalue weighted by Gasteiger charge is -2.17. The molecule has 1 unspecified atom stereocenters. The van der Waals surface area contributed by atoms with E-state index >= 15 is 0 Å². The van der Waals surface area contributed by atoms with Crippen LogP contribution in [0.4, 0.5) is 0 Å². The van der Waals surface area contributed by atoms with Crippen LogP contribution in [-0.2, 0) is 11.3 Å². The minimum absolute atomic E-state index is 0.0351. The van der Waals surface area contributed by atoms with Gasteiger partial charge in [0.15, 0.2) is 0 Å². The van der Waals surface area contributed by atoms with Crippen molar-refractivity contribution in [2.75, 3.05) is 0 Å². The van der Waals surface area contributed by atoms with Gasteiger partial charge in [-0.05, 0) is 18.6 Å². The highest BCUT2D eigenvalue weighted by Crippen LogP contribution is 2.20. The molecule has 2 heterocycles. The van der Waals surface area contributed by atoms with E-state index in [0.717, 1.165) is 5.76 Å². The van der Waals surface area contributed by atoms with Crippen molar-refractivity contribution in [1.82, 2.24) is 4.90 Å². The molecule has 14 heavy (non-hydrogen) atoms. The molecule has 0 aliphatic carbocycles. The zero-order chi connectivity index (χ0) is 9.97. The Morgan fingerprint density at radius 3 is 3.21 bits per heavy atom. The van der Waals surface area contributed by atoms with Gasteiger partial charge in [0.05, 0.1) is 18.9 Å². The van der Waals surface area contributed by atoms with E-state index in [1.165, 1.54) is 0 Å². The quantitative estimate of drug-likeness (QED) is 0.706. The van der Waals surface area contributed by atoms with Gasteiger partial charge in [-0.25, -0.2) is 0 Å². The van der Waals surface area contributed by atoms with Crippen molar-refractivity contribution in [2.45, 2.75) is 25.4 Å². The fraction of sp³-hybridized carbons (Fsp3) is 0.400. The number of likely N-dealkylation sites (tertiary alicyclic amines) is 1. The molecule has 1 aromatic heterocycles. The van der Waals surface area contributed by atoms with Crippen molar-refractivity contribution in [3.63, 3.8) is 0 Å². The Hall–Kier alpha value is -1.76. The molecule has 0 radical (unpaired) electrons. The third-order valence-corrected chi connectivity index (χ3v) is 2.38. The lowest BCUT2D eigenvalue weighted by atomic mass is 10.2. The average Bonchev–Trinajstić information content (AvgIpc) is 2.79. The van der Waals surface area contributed by atoms with Crippen LogP contribution in [0.5, 0.6) is 0 Å². The smallest absolute Gasteiger partial charge is 0.224 e. The van der Waals surface area contributed by atoms with E-state index in [4.69, 9.17) is 9.68 Å². The second kappa shape index (κ2) is 3.54. The Bertz CT molecular complexity index is 364. The van der Waals surface area contributed by atoms with Crippen LogP contribution < -0.4 is 0 Å².